The molecular formula is C25H33N5O. The maximum Gasteiger partial charge on any atom is 0.141 e. The van der Waals surface area contributed by atoms with Crippen LogP contribution < -0.4 is 5.73 Å². The number of hydrogen-bond donors (Lipinski definition) is 1. The maximum absolute atomic E-state index is 6.29. The zero-order valence-electron chi connectivity index (χ0n) is 19.6. The lowest BCUT2D eigenvalue weighted by molar-refractivity contribution is 0.393. The van der Waals surface area contributed by atoms with Gasteiger partial charge in [-0.15, -0.1) is 0 Å². The Balaban J connectivity index is 0.000000628. The summed E-state index contributed by atoms with van der Waals surface area (Å²) >= 11 is 0. The molecule has 4 rings (SSSR count). The standard InChI is InChI=1S/C21H23N5O.C4H10/c1-12(2)18-7-5-6-16(24-18)10-26-11-23-21-17(22)8-15(9-19(21)26)20-13(3)25-27-14(20)4;1-4(2)3/h5-9,11-12H,10,22H2,1-4H3;4H,1-3H3. The molecule has 0 radical (unpaired) electrons. The molecule has 0 atom stereocenters. The fraction of sp³-hybridized carbons (Fsp3) is 0.400. The number of fused-ring (bicyclic) bond motifs is 1. The third kappa shape index (κ3) is 5.13. The van der Waals surface area contributed by atoms with Gasteiger partial charge in [-0.1, -0.05) is 45.8 Å². The van der Waals surface area contributed by atoms with Gasteiger partial charge in [-0.2, -0.15) is 0 Å². The van der Waals surface area contributed by atoms with Crippen molar-refractivity contribution in [3.8, 4) is 11.1 Å². The van der Waals surface area contributed by atoms with Gasteiger partial charge in [0.15, 0.2) is 0 Å². The Morgan fingerprint density at radius 3 is 2.39 bits per heavy atom. The minimum atomic E-state index is 0.395. The topological polar surface area (TPSA) is 82.8 Å². The molecule has 0 aliphatic heterocycles. The highest BCUT2D eigenvalue weighted by Gasteiger charge is 2.16. The van der Waals surface area contributed by atoms with Crippen molar-refractivity contribution < 1.29 is 4.52 Å². The van der Waals surface area contributed by atoms with E-state index in [1.54, 1.807) is 0 Å². The Labute approximate surface area is 184 Å². The number of nitrogen functional groups attached to an aromatic ring is 1. The Kier molecular flexibility index (Phi) is 6.78. The lowest BCUT2D eigenvalue weighted by atomic mass is 10.0. The van der Waals surface area contributed by atoms with Crippen LogP contribution in [0.1, 0.15) is 63.4 Å². The van der Waals surface area contributed by atoms with Crippen molar-refractivity contribution in [3.63, 3.8) is 0 Å². The number of pyridine rings is 1. The second kappa shape index (κ2) is 9.33. The lowest BCUT2D eigenvalue weighted by Crippen LogP contribution is -2.03. The van der Waals surface area contributed by atoms with Crippen LogP contribution in [0.5, 0.6) is 0 Å². The summed E-state index contributed by atoms with van der Waals surface area (Å²) in [5.74, 6) is 2.01. The number of nitrogens with two attached hydrogens (primary N) is 1. The zero-order chi connectivity index (χ0) is 22.7. The highest BCUT2D eigenvalue weighted by Crippen LogP contribution is 2.32. The molecule has 2 N–H and O–H groups in total. The summed E-state index contributed by atoms with van der Waals surface area (Å²) in [6.07, 6.45) is 1.82. The molecule has 4 aromatic rings. The minimum Gasteiger partial charge on any atom is -0.397 e. The van der Waals surface area contributed by atoms with Gasteiger partial charge in [-0.3, -0.25) is 4.98 Å². The van der Waals surface area contributed by atoms with Gasteiger partial charge in [0.2, 0.25) is 0 Å². The van der Waals surface area contributed by atoms with Crippen LogP contribution in [-0.4, -0.2) is 19.7 Å². The molecule has 0 aliphatic rings. The molecule has 31 heavy (non-hydrogen) atoms. The van der Waals surface area contributed by atoms with Crippen LogP contribution >= 0.6 is 0 Å². The number of imidazole rings is 1. The Bertz CT molecular complexity index is 1150. The molecule has 3 heterocycles. The first-order chi connectivity index (χ1) is 14.7. The van der Waals surface area contributed by atoms with Crippen molar-refractivity contribution in [2.24, 2.45) is 5.92 Å². The van der Waals surface area contributed by atoms with E-state index in [2.05, 4.69) is 67.5 Å². The molecule has 0 unspecified atom stereocenters. The molecule has 0 aliphatic carbocycles. The summed E-state index contributed by atoms with van der Waals surface area (Å²) in [4.78, 5) is 9.28. The first kappa shape index (κ1) is 22.5. The van der Waals surface area contributed by atoms with Gasteiger partial charge < -0.3 is 14.8 Å². The second-order valence-electron chi connectivity index (χ2n) is 8.95. The number of rotatable bonds is 4. The molecule has 6 heteroatoms. The van der Waals surface area contributed by atoms with Crippen molar-refractivity contribution in [1.29, 1.82) is 0 Å². The summed E-state index contributed by atoms with van der Waals surface area (Å²) in [6, 6.07) is 10.2. The van der Waals surface area contributed by atoms with Gasteiger partial charge in [0.1, 0.15) is 11.3 Å². The first-order valence-electron chi connectivity index (χ1n) is 10.8. The number of anilines is 1. The van der Waals surface area contributed by atoms with Crippen LogP contribution in [-0.2, 0) is 6.54 Å². The summed E-state index contributed by atoms with van der Waals surface area (Å²) in [6.45, 7) is 15.3. The van der Waals surface area contributed by atoms with Crippen LogP contribution in [0.15, 0.2) is 41.2 Å². The summed E-state index contributed by atoms with van der Waals surface area (Å²) in [7, 11) is 0. The quantitative estimate of drug-likeness (QED) is 0.403. The van der Waals surface area contributed by atoms with E-state index in [4.69, 9.17) is 15.2 Å². The fourth-order valence-corrected chi connectivity index (χ4v) is 3.44. The second-order valence-corrected chi connectivity index (χ2v) is 8.95. The summed E-state index contributed by atoms with van der Waals surface area (Å²) in [5.41, 5.74) is 13.6. The molecule has 0 spiro atoms. The van der Waals surface area contributed by atoms with E-state index in [9.17, 15) is 0 Å². The molecule has 0 bridgehead atoms. The average molecular weight is 420 g/mol. The molecule has 6 nitrogen and oxygen atoms in total. The molecule has 1 aromatic carbocycles. The van der Waals surface area contributed by atoms with Crippen LogP contribution in [0.25, 0.3) is 22.2 Å². The third-order valence-corrected chi connectivity index (χ3v) is 4.83. The SMILES string of the molecule is CC(C)C.Cc1noc(C)c1-c1cc(N)c2ncn(Cc3cccc(C(C)C)n3)c2c1. The van der Waals surface area contributed by atoms with Crippen LogP contribution in [0, 0.1) is 19.8 Å². The molecule has 0 saturated carbocycles. The monoisotopic (exact) mass is 419 g/mol. The zero-order valence-corrected chi connectivity index (χ0v) is 19.6. The lowest BCUT2D eigenvalue weighted by Gasteiger charge is -2.10. The fourth-order valence-electron chi connectivity index (χ4n) is 3.44. The predicted molar refractivity (Wildman–Crippen MR) is 127 cm³/mol. The van der Waals surface area contributed by atoms with Gasteiger partial charge in [-0.05, 0) is 55.5 Å². The Morgan fingerprint density at radius 1 is 1.06 bits per heavy atom. The van der Waals surface area contributed by atoms with Crippen LogP contribution in [0.2, 0.25) is 0 Å². The molecule has 0 saturated heterocycles. The summed E-state index contributed by atoms with van der Waals surface area (Å²) in [5, 5.41) is 4.06. The highest BCUT2D eigenvalue weighted by atomic mass is 16.5. The van der Waals surface area contributed by atoms with E-state index in [-0.39, 0.29) is 0 Å². The van der Waals surface area contributed by atoms with Gasteiger partial charge in [0, 0.05) is 11.3 Å². The van der Waals surface area contributed by atoms with E-state index >= 15 is 0 Å². The van der Waals surface area contributed by atoms with E-state index in [0.29, 0.717) is 18.2 Å². The van der Waals surface area contributed by atoms with E-state index in [1.165, 1.54) is 0 Å². The van der Waals surface area contributed by atoms with Crippen molar-refractivity contribution in [2.75, 3.05) is 5.73 Å². The number of nitrogens with zero attached hydrogens (tertiary/aromatic N) is 4. The average Bonchev–Trinajstić information content (AvgIpc) is 3.25. The number of hydrogen-bond acceptors (Lipinski definition) is 5. The molecule has 0 amide bonds. The minimum absolute atomic E-state index is 0.395. The van der Waals surface area contributed by atoms with Crippen molar-refractivity contribution in [3.05, 3.63) is 59.5 Å². The Hall–Kier alpha value is -3.15. The van der Waals surface area contributed by atoms with E-state index in [1.807, 2.05) is 32.3 Å². The number of aromatic nitrogens is 4. The van der Waals surface area contributed by atoms with Gasteiger partial charge >= 0.3 is 0 Å². The smallest absolute Gasteiger partial charge is 0.141 e. The Morgan fingerprint density at radius 2 is 1.77 bits per heavy atom. The highest BCUT2D eigenvalue weighted by molar-refractivity contribution is 5.92. The number of aryl methyl sites for hydroxylation is 2. The van der Waals surface area contributed by atoms with E-state index < -0.39 is 0 Å². The third-order valence-electron chi connectivity index (χ3n) is 4.83. The number of benzene rings is 1. The molecule has 0 fully saturated rings. The van der Waals surface area contributed by atoms with E-state index in [0.717, 1.165) is 50.9 Å². The largest absolute Gasteiger partial charge is 0.397 e. The normalized spacial score (nSPS) is 11.3. The van der Waals surface area contributed by atoms with Crippen molar-refractivity contribution in [1.82, 2.24) is 19.7 Å². The molecular weight excluding hydrogens is 386 g/mol. The molecule has 3 aromatic heterocycles. The maximum atomic E-state index is 6.29. The van der Waals surface area contributed by atoms with Crippen molar-refractivity contribution in [2.45, 2.75) is 60.9 Å². The van der Waals surface area contributed by atoms with Crippen molar-refractivity contribution >= 4 is 16.7 Å². The van der Waals surface area contributed by atoms with Gasteiger partial charge in [-0.25, -0.2) is 4.98 Å². The van der Waals surface area contributed by atoms with Crippen LogP contribution in [0.3, 0.4) is 0 Å². The summed E-state index contributed by atoms with van der Waals surface area (Å²) < 4.78 is 7.40. The molecule has 164 valence electrons. The first-order valence-corrected chi connectivity index (χ1v) is 10.8. The van der Waals surface area contributed by atoms with Gasteiger partial charge in [0.05, 0.1) is 35.5 Å². The van der Waals surface area contributed by atoms with Gasteiger partial charge in [0.25, 0.3) is 0 Å². The van der Waals surface area contributed by atoms with Crippen LogP contribution in [0.4, 0.5) is 5.69 Å². The predicted octanol–water partition coefficient (Wildman–Crippen LogP) is 6.12.